The highest BCUT2D eigenvalue weighted by Crippen LogP contribution is 2.50. The summed E-state index contributed by atoms with van der Waals surface area (Å²) in [6, 6.07) is 13.8. The van der Waals surface area contributed by atoms with Crippen LogP contribution in [0.4, 0.5) is 0 Å². The summed E-state index contributed by atoms with van der Waals surface area (Å²) < 4.78 is 12.1. The van der Waals surface area contributed by atoms with Gasteiger partial charge in [0, 0.05) is 25.5 Å². The summed E-state index contributed by atoms with van der Waals surface area (Å²) in [4.78, 5) is 34.1. The Morgan fingerprint density at radius 3 is 2.32 bits per heavy atom. The molecule has 5 rings (SSSR count). The third-order valence-corrected chi connectivity index (χ3v) is 6.52. The SMILES string of the molecule is O=C(Cc1cccnc1)N1CCOC2(C1)CN(C(=O)C1(c3ccccc3)CC1)CCO2. The minimum Gasteiger partial charge on any atom is -0.345 e. The van der Waals surface area contributed by atoms with Gasteiger partial charge in [0.15, 0.2) is 0 Å². The average Bonchev–Trinajstić information content (AvgIpc) is 3.62. The standard InChI is InChI=1S/C24H27N3O4/c28-21(15-19-5-4-10-25-16-19)26-11-13-30-24(17-26)18-27(12-14-31-24)22(29)23(8-9-23)20-6-2-1-3-7-20/h1-7,10,16H,8-9,11-15,17-18H2. The zero-order chi connectivity index (χ0) is 21.3. The Bertz CT molecular complexity index is 944. The van der Waals surface area contributed by atoms with E-state index >= 15 is 0 Å². The second-order valence-corrected chi connectivity index (χ2v) is 8.64. The summed E-state index contributed by atoms with van der Waals surface area (Å²) in [7, 11) is 0. The lowest BCUT2D eigenvalue weighted by molar-refractivity contribution is -0.287. The highest BCUT2D eigenvalue weighted by molar-refractivity contribution is 5.91. The first-order chi connectivity index (χ1) is 15.1. The highest BCUT2D eigenvalue weighted by Gasteiger charge is 2.55. The molecule has 1 aromatic heterocycles. The van der Waals surface area contributed by atoms with Gasteiger partial charge in [-0.3, -0.25) is 14.6 Å². The van der Waals surface area contributed by atoms with Gasteiger partial charge in [-0.05, 0) is 30.0 Å². The van der Waals surface area contributed by atoms with Crippen molar-refractivity contribution in [1.82, 2.24) is 14.8 Å². The van der Waals surface area contributed by atoms with Crippen LogP contribution in [-0.4, -0.2) is 71.8 Å². The fourth-order valence-electron chi connectivity index (χ4n) is 4.68. The van der Waals surface area contributed by atoms with Crippen LogP contribution < -0.4 is 0 Å². The van der Waals surface area contributed by atoms with Gasteiger partial charge in [-0.25, -0.2) is 0 Å². The first-order valence-electron chi connectivity index (χ1n) is 10.9. The van der Waals surface area contributed by atoms with Gasteiger partial charge in [-0.1, -0.05) is 36.4 Å². The maximum atomic E-state index is 13.5. The van der Waals surface area contributed by atoms with Gasteiger partial charge < -0.3 is 19.3 Å². The lowest BCUT2D eigenvalue weighted by atomic mass is 9.93. The predicted octanol–water partition coefficient (Wildman–Crippen LogP) is 1.77. The van der Waals surface area contributed by atoms with Gasteiger partial charge in [0.05, 0.1) is 38.1 Å². The van der Waals surface area contributed by atoms with Gasteiger partial charge in [0.25, 0.3) is 0 Å². The summed E-state index contributed by atoms with van der Waals surface area (Å²) >= 11 is 0. The van der Waals surface area contributed by atoms with Crippen LogP contribution >= 0.6 is 0 Å². The summed E-state index contributed by atoms with van der Waals surface area (Å²) in [6.45, 7) is 2.53. The van der Waals surface area contributed by atoms with E-state index in [0.29, 0.717) is 45.8 Å². The van der Waals surface area contributed by atoms with E-state index in [2.05, 4.69) is 4.98 Å². The molecule has 0 N–H and O–H groups in total. The molecule has 3 aliphatic rings. The van der Waals surface area contributed by atoms with Crippen LogP contribution in [0.15, 0.2) is 54.9 Å². The molecule has 2 amide bonds. The van der Waals surface area contributed by atoms with E-state index in [1.807, 2.05) is 47.4 Å². The van der Waals surface area contributed by atoms with E-state index in [1.165, 1.54) is 0 Å². The largest absolute Gasteiger partial charge is 0.345 e. The Balaban J connectivity index is 1.28. The zero-order valence-corrected chi connectivity index (χ0v) is 17.5. The van der Waals surface area contributed by atoms with Crippen molar-refractivity contribution in [2.45, 2.75) is 30.5 Å². The molecule has 2 aromatic rings. The number of carbonyl (C=O) groups excluding carboxylic acids is 2. The van der Waals surface area contributed by atoms with Gasteiger partial charge in [0.2, 0.25) is 17.6 Å². The Morgan fingerprint density at radius 1 is 0.935 bits per heavy atom. The molecule has 162 valence electrons. The summed E-state index contributed by atoms with van der Waals surface area (Å²) in [6.07, 6.45) is 5.45. The number of ether oxygens (including phenoxy) is 2. The van der Waals surface area contributed by atoms with Crippen molar-refractivity contribution in [3.8, 4) is 0 Å². The lowest BCUT2D eigenvalue weighted by Gasteiger charge is -2.48. The molecule has 1 unspecified atom stereocenters. The monoisotopic (exact) mass is 421 g/mol. The number of hydrogen-bond donors (Lipinski definition) is 0. The fourth-order valence-corrected chi connectivity index (χ4v) is 4.68. The lowest BCUT2D eigenvalue weighted by Crippen LogP contribution is -2.64. The van der Waals surface area contributed by atoms with Gasteiger partial charge in [0.1, 0.15) is 0 Å². The van der Waals surface area contributed by atoms with Gasteiger partial charge in [-0.15, -0.1) is 0 Å². The van der Waals surface area contributed by atoms with E-state index in [1.54, 1.807) is 17.3 Å². The molecule has 2 saturated heterocycles. The number of hydrogen-bond acceptors (Lipinski definition) is 5. The van der Waals surface area contributed by atoms with Crippen LogP contribution in [-0.2, 0) is 30.9 Å². The number of rotatable bonds is 4. The maximum absolute atomic E-state index is 13.5. The normalized spacial score (nSPS) is 24.8. The van der Waals surface area contributed by atoms with Crippen LogP contribution in [0, 0.1) is 0 Å². The van der Waals surface area contributed by atoms with Crippen molar-refractivity contribution in [2.75, 3.05) is 39.4 Å². The molecule has 7 nitrogen and oxygen atoms in total. The number of morpholine rings is 2. The van der Waals surface area contributed by atoms with Crippen molar-refractivity contribution in [3.05, 3.63) is 66.0 Å². The first kappa shape index (κ1) is 20.2. The number of carbonyl (C=O) groups is 2. The molecule has 0 radical (unpaired) electrons. The Labute approximate surface area is 182 Å². The van der Waals surface area contributed by atoms with Crippen LogP contribution in [0.2, 0.25) is 0 Å². The number of aromatic nitrogens is 1. The number of nitrogens with zero attached hydrogens (tertiary/aromatic N) is 3. The fraction of sp³-hybridized carbons (Fsp3) is 0.458. The van der Waals surface area contributed by atoms with E-state index in [4.69, 9.17) is 9.47 Å². The van der Waals surface area contributed by atoms with E-state index < -0.39 is 11.2 Å². The molecule has 1 aliphatic carbocycles. The smallest absolute Gasteiger partial charge is 0.233 e. The molecule has 31 heavy (non-hydrogen) atoms. The maximum Gasteiger partial charge on any atom is 0.233 e. The molecule has 0 bridgehead atoms. The van der Waals surface area contributed by atoms with Crippen LogP contribution in [0.1, 0.15) is 24.0 Å². The molecule has 3 fully saturated rings. The molecule has 1 atom stereocenters. The third-order valence-electron chi connectivity index (χ3n) is 6.52. The quantitative estimate of drug-likeness (QED) is 0.753. The first-order valence-corrected chi connectivity index (χ1v) is 10.9. The molecule has 1 aromatic carbocycles. The van der Waals surface area contributed by atoms with E-state index in [9.17, 15) is 9.59 Å². The van der Waals surface area contributed by atoms with Gasteiger partial charge in [-0.2, -0.15) is 0 Å². The van der Waals surface area contributed by atoms with Crippen molar-refractivity contribution >= 4 is 11.8 Å². The van der Waals surface area contributed by atoms with Crippen LogP contribution in [0.5, 0.6) is 0 Å². The summed E-state index contributed by atoms with van der Waals surface area (Å²) in [5.74, 6) is -0.793. The molecular weight excluding hydrogens is 394 g/mol. The minimum absolute atomic E-state index is 0.0191. The molecule has 7 heteroatoms. The third kappa shape index (κ3) is 3.95. The average molecular weight is 421 g/mol. The number of amides is 2. The van der Waals surface area contributed by atoms with Crippen molar-refractivity contribution < 1.29 is 19.1 Å². The Hall–Kier alpha value is -2.77. The zero-order valence-electron chi connectivity index (χ0n) is 17.5. The van der Waals surface area contributed by atoms with E-state index in [-0.39, 0.29) is 11.8 Å². The second kappa shape index (κ2) is 8.05. The molecular formula is C24H27N3O4. The van der Waals surface area contributed by atoms with E-state index in [0.717, 1.165) is 24.0 Å². The molecule has 2 aliphatic heterocycles. The minimum atomic E-state index is -0.955. The van der Waals surface area contributed by atoms with Gasteiger partial charge >= 0.3 is 0 Å². The summed E-state index contributed by atoms with van der Waals surface area (Å²) in [5.41, 5.74) is 1.55. The Kier molecular flexibility index (Phi) is 5.24. The van der Waals surface area contributed by atoms with Crippen molar-refractivity contribution in [1.29, 1.82) is 0 Å². The van der Waals surface area contributed by atoms with Crippen LogP contribution in [0.25, 0.3) is 0 Å². The van der Waals surface area contributed by atoms with Crippen molar-refractivity contribution in [2.24, 2.45) is 0 Å². The molecule has 1 saturated carbocycles. The molecule has 1 spiro atoms. The molecule has 3 heterocycles. The summed E-state index contributed by atoms with van der Waals surface area (Å²) in [5, 5.41) is 0. The topological polar surface area (TPSA) is 72.0 Å². The highest BCUT2D eigenvalue weighted by atomic mass is 16.7. The van der Waals surface area contributed by atoms with Crippen molar-refractivity contribution in [3.63, 3.8) is 0 Å². The van der Waals surface area contributed by atoms with Crippen LogP contribution in [0.3, 0.4) is 0 Å². The number of benzene rings is 1. The Morgan fingerprint density at radius 2 is 1.65 bits per heavy atom. The predicted molar refractivity (Wildman–Crippen MR) is 113 cm³/mol. The number of pyridine rings is 1. The second-order valence-electron chi connectivity index (χ2n) is 8.64.